The predicted octanol–water partition coefficient (Wildman–Crippen LogP) is 4.38. The third kappa shape index (κ3) is 5.13. The first-order chi connectivity index (χ1) is 14.0. The quantitative estimate of drug-likeness (QED) is 0.652. The summed E-state index contributed by atoms with van der Waals surface area (Å²) in [4.78, 5) is 26.6. The van der Waals surface area contributed by atoms with Crippen molar-refractivity contribution < 1.29 is 4.79 Å². The highest BCUT2D eigenvalue weighted by Gasteiger charge is 2.10. The first kappa shape index (κ1) is 20.4. The maximum atomic E-state index is 12.5. The van der Waals surface area contributed by atoms with Crippen molar-refractivity contribution in [2.24, 2.45) is 0 Å². The summed E-state index contributed by atoms with van der Waals surface area (Å²) >= 11 is 0. The Kier molecular flexibility index (Phi) is 6.50. The minimum Gasteiger partial charge on any atom is -0.369 e. The van der Waals surface area contributed by atoms with Gasteiger partial charge >= 0.3 is 0 Å². The van der Waals surface area contributed by atoms with Gasteiger partial charge in [0, 0.05) is 41.8 Å². The molecule has 0 aliphatic carbocycles. The lowest BCUT2D eigenvalue weighted by Crippen LogP contribution is -2.30. The molecule has 1 amide bonds. The largest absolute Gasteiger partial charge is 0.369 e. The number of benzene rings is 2. The average Bonchev–Trinajstić information content (AvgIpc) is 2.72. The molecule has 0 bridgehead atoms. The number of aromatic nitrogens is 1. The second-order valence-corrected chi connectivity index (χ2v) is 7.24. The van der Waals surface area contributed by atoms with E-state index in [9.17, 15) is 9.59 Å². The van der Waals surface area contributed by atoms with E-state index in [-0.39, 0.29) is 11.5 Å². The molecule has 2 aromatic carbocycles. The third-order valence-electron chi connectivity index (χ3n) is 4.89. The van der Waals surface area contributed by atoms with Crippen LogP contribution in [0.15, 0.2) is 77.7 Å². The lowest BCUT2D eigenvalue weighted by molar-refractivity contribution is 0.102. The first-order valence-corrected chi connectivity index (χ1v) is 9.90. The minimum absolute atomic E-state index is 0.0348. The molecular formula is C24H27N3O2. The second kappa shape index (κ2) is 9.24. The summed E-state index contributed by atoms with van der Waals surface area (Å²) in [6.07, 6.45) is 1.76. The molecule has 5 heteroatoms. The van der Waals surface area contributed by atoms with E-state index in [2.05, 4.69) is 31.0 Å². The molecule has 29 heavy (non-hydrogen) atoms. The summed E-state index contributed by atoms with van der Waals surface area (Å²) in [5.41, 5.74) is 3.41. The fourth-order valence-electron chi connectivity index (χ4n) is 3.33. The first-order valence-electron chi connectivity index (χ1n) is 9.90. The lowest BCUT2D eigenvalue weighted by Gasteiger charge is -2.27. The standard InChI is InChI=1S/C24H27N3O2/c1-4-27(18(2)3)22-14-10-20(11-15-22)24(29)25-21-12-8-19(9-13-21)17-26-16-6-5-7-23(26)28/h5-16,18H,4,17H2,1-3H3,(H,25,29). The number of hydrogen-bond donors (Lipinski definition) is 1. The Morgan fingerprint density at radius 2 is 1.69 bits per heavy atom. The highest BCUT2D eigenvalue weighted by atomic mass is 16.1. The number of hydrogen-bond acceptors (Lipinski definition) is 3. The zero-order chi connectivity index (χ0) is 20.8. The van der Waals surface area contributed by atoms with Gasteiger partial charge in [-0.25, -0.2) is 0 Å². The molecule has 0 aliphatic heterocycles. The van der Waals surface area contributed by atoms with E-state index in [1.165, 1.54) is 0 Å². The number of amides is 1. The predicted molar refractivity (Wildman–Crippen MR) is 119 cm³/mol. The number of rotatable bonds is 7. The molecule has 0 radical (unpaired) electrons. The average molecular weight is 389 g/mol. The zero-order valence-electron chi connectivity index (χ0n) is 17.1. The molecule has 3 rings (SSSR count). The molecule has 0 saturated carbocycles. The molecule has 5 nitrogen and oxygen atoms in total. The molecule has 150 valence electrons. The Labute approximate surface area is 171 Å². The van der Waals surface area contributed by atoms with Crippen molar-refractivity contribution in [1.29, 1.82) is 0 Å². The smallest absolute Gasteiger partial charge is 0.255 e. The van der Waals surface area contributed by atoms with Crippen molar-refractivity contribution in [3.8, 4) is 0 Å². The fourth-order valence-corrected chi connectivity index (χ4v) is 3.33. The highest BCUT2D eigenvalue weighted by molar-refractivity contribution is 6.04. The van der Waals surface area contributed by atoms with Gasteiger partial charge in [0.15, 0.2) is 0 Å². The number of carbonyl (C=O) groups excluding carboxylic acids is 1. The Morgan fingerprint density at radius 3 is 2.28 bits per heavy atom. The Hall–Kier alpha value is -3.34. The van der Waals surface area contributed by atoms with Crippen LogP contribution in [0.25, 0.3) is 0 Å². The van der Waals surface area contributed by atoms with E-state index in [0.717, 1.165) is 23.5 Å². The van der Waals surface area contributed by atoms with Crippen LogP contribution >= 0.6 is 0 Å². The van der Waals surface area contributed by atoms with Crippen LogP contribution in [-0.2, 0) is 6.54 Å². The maximum absolute atomic E-state index is 12.5. The van der Waals surface area contributed by atoms with Gasteiger partial charge in [-0.3, -0.25) is 9.59 Å². The van der Waals surface area contributed by atoms with E-state index in [1.807, 2.05) is 54.6 Å². The van der Waals surface area contributed by atoms with E-state index in [0.29, 0.717) is 18.2 Å². The summed E-state index contributed by atoms with van der Waals surface area (Å²) in [5.74, 6) is -0.142. The van der Waals surface area contributed by atoms with E-state index >= 15 is 0 Å². The number of nitrogens with one attached hydrogen (secondary N) is 1. The maximum Gasteiger partial charge on any atom is 0.255 e. The molecule has 1 aromatic heterocycles. The summed E-state index contributed by atoms with van der Waals surface area (Å²) in [5, 5.41) is 2.93. The number of anilines is 2. The highest BCUT2D eigenvalue weighted by Crippen LogP contribution is 2.19. The van der Waals surface area contributed by atoms with Gasteiger partial charge in [0.25, 0.3) is 11.5 Å². The molecule has 0 unspecified atom stereocenters. The zero-order valence-corrected chi connectivity index (χ0v) is 17.1. The summed E-state index contributed by atoms with van der Waals surface area (Å²) in [7, 11) is 0. The summed E-state index contributed by atoms with van der Waals surface area (Å²) in [6.45, 7) is 7.85. The van der Waals surface area contributed by atoms with Gasteiger partial charge in [0.1, 0.15) is 0 Å². The SMILES string of the molecule is CCN(c1ccc(C(=O)Nc2ccc(Cn3ccccc3=O)cc2)cc1)C(C)C. The van der Waals surface area contributed by atoms with Gasteiger partial charge < -0.3 is 14.8 Å². The van der Waals surface area contributed by atoms with Crippen LogP contribution in [0.5, 0.6) is 0 Å². The van der Waals surface area contributed by atoms with Crippen LogP contribution in [0.4, 0.5) is 11.4 Å². The van der Waals surface area contributed by atoms with Gasteiger partial charge in [-0.05, 0) is 68.8 Å². The van der Waals surface area contributed by atoms with Crippen LogP contribution in [-0.4, -0.2) is 23.1 Å². The van der Waals surface area contributed by atoms with Crippen molar-refractivity contribution in [1.82, 2.24) is 4.57 Å². The Bertz CT molecular complexity index is 1010. The van der Waals surface area contributed by atoms with Crippen LogP contribution < -0.4 is 15.8 Å². The number of pyridine rings is 1. The van der Waals surface area contributed by atoms with Gasteiger partial charge in [0.2, 0.25) is 0 Å². The fraction of sp³-hybridized carbons (Fsp3) is 0.250. The molecule has 1 N–H and O–H groups in total. The molecular weight excluding hydrogens is 362 g/mol. The summed E-state index contributed by atoms with van der Waals surface area (Å²) < 4.78 is 1.64. The normalized spacial score (nSPS) is 10.8. The van der Waals surface area contributed by atoms with Crippen LogP contribution in [0, 0.1) is 0 Å². The van der Waals surface area contributed by atoms with Gasteiger partial charge in [-0.2, -0.15) is 0 Å². The molecule has 0 aliphatic rings. The van der Waals surface area contributed by atoms with Gasteiger partial charge in [-0.15, -0.1) is 0 Å². The topological polar surface area (TPSA) is 54.3 Å². The van der Waals surface area contributed by atoms with Crippen molar-refractivity contribution in [3.63, 3.8) is 0 Å². The molecule has 0 spiro atoms. The monoisotopic (exact) mass is 389 g/mol. The van der Waals surface area contributed by atoms with Crippen LogP contribution in [0.2, 0.25) is 0 Å². The van der Waals surface area contributed by atoms with Crippen molar-refractivity contribution in [2.75, 3.05) is 16.8 Å². The third-order valence-corrected chi connectivity index (χ3v) is 4.89. The molecule has 0 atom stereocenters. The number of carbonyl (C=O) groups is 1. The second-order valence-electron chi connectivity index (χ2n) is 7.24. The van der Waals surface area contributed by atoms with E-state index < -0.39 is 0 Å². The molecule has 1 heterocycles. The van der Waals surface area contributed by atoms with Crippen molar-refractivity contribution >= 4 is 17.3 Å². The molecule has 3 aromatic rings. The Balaban J connectivity index is 1.65. The molecule has 0 fully saturated rings. The Morgan fingerprint density at radius 1 is 1.00 bits per heavy atom. The molecule has 0 saturated heterocycles. The summed E-state index contributed by atoms with van der Waals surface area (Å²) in [6, 6.07) is 20.7. The van der Waals surface area contributed by atoms with Gasteiger partial charge in [-0.1, -0.05) is 18.2 Å². The van der Waals surface area contributed by atoms with Crippen LogP contribution in [0.1, 0.15) is 36.7 Å². The van der Waals surface area contributed by atoms with Crippen molar-refractivity contribution in [3.05, 3.63) is 94.4 Å². The minimum atomic E-state index is -0.142. The van der Waals surface area contributed by atoms with Crippen LogP contribution in [0.3, 0.4) is 0 Å². The number of nitrogens with zero attached hydrogens (tertiary/aromatic N) is 2. The van der Waals surface area contributed by atoms with Crippen molar-refractivity contribution in [2.45, 2.75) is 33.4 Å². The van der Waals surface area contributed by atoms with Gasteiger partial charge in [0.05, 0.1) is 6.54 Å². The lowest BCUT2D eigenvalue weighted by atomic mass is 10.1. The van der Waals surface area contributed by atoms with E-state index in [4.69, 9.17) is 0 Å². The van der Waals surface area contributed by atoms with E-state index in [1.54, 1.807) is 22.9 Å².